The van der Waals surface area contributed by atoms with E-state index in [2.05, 4.69) is 54.7 Å². The van der Waals surface area contributed by atoms with E-state index in [9.17, 15) is 0 Å². The van der Waals surface area contributed by atoms with E-state index in [4.69, 9.17) is 4.42 Å². The Labute approximate surface area is 119 Å². The first kappa shape index (κ1) is 12.9. The monoisotopic (exact) mass is 265 g/mol. The molecule has 0 saturated heterocycles. The molecule has 1 aromatic heterocycles. The molecule has 0 amide bonds. The van der Waals surface area contributed by atoms with Crippen molar-refractivity contribution in [2.24, 2.45) is 0 Å². The fourth-order valence-corrected chi connectivity index (χ4v) is 2.54. The topological polar surface area (TPSA) is 25.2 Å². The van der Waals surface area contributed by atoms with Crippen LogP contribution in [0.5, 0.6) is 0 Å². The third kappa shape index (κ3) is 2.61. The molecule has 0 bridgehead atoms. The highest BCUT2D eigenvalue weighted by Gasteiger charge is 2.14. The standard InChI is InChI=1S/C18H19NO/c1-2-10-19-18(17-9-11-20-13-17)16-8-7-14-5-3-4-6-15(14)12-16/h3-9,11-13,18-19H,2,10H2,1H3. The molecular weight excluding hydrogens is 246 g/mol. The smallest absolute Gasteiger partial charge is 0.0953 e. The van der Waals surface area contributed by atoms with Crippen LogP contribution in [0.4, 0.5) is 0 Å². The van der Waals surface area contributed by atoms with Crippen LogP contribution in [-0.2, 0) is 0 Å². The molecule has 102 valence electrons. The Morgan fingerprint density at radius 2 is 1.85 bits per heavy atom. The molecule has 2 nitrogen and oxygen atoms in total. The van der Waals surface area contributed by atoms with Crippen molar-refractivity contribution >= 4 is 10.8 Å². The highest BCUT2D eigenvalue weighted by Crippen LogP contribution is 2.26. The van der Waals surface area contributed by atoms with Crippen molar-refractivity contribution < 1.29 is 4.42 Å². The Balaban J connectivity index is 1.99. The Morgan fingerprint density at radius 1 is 1.00 bits per heavy atom. The van der Waals surface area contributed by atoms with Crippen LogP contribution in [0.25, 0.3) is 10.8 Å². The van der Waals surface area contributed by atoms with Gasteiger partial charge in [-0.15, -0.1) is 0 Å². The second-order valence-electron chi connectivity index (χ2n) is 5.05. The number of fused-ring (bicyclic) bond motifs is 1. The number of hydrogen-bond donors (Lipinski definition) is 1. The summed E-state index contributed by atoms with van der Waals surface area (Å²) in [5.74, 6) is 0. The van der Waals surface area contributed by atoms with Gasteiger partial charge in [-0.3, -0.25) is 0 Å². The van der Waals surface area contributed by atoms with Crippen LogP contribution in [0, 0.1) is 0 Å². The molecule has 0 spiro atoms. The maximum Gasteiger partial charge on any atom is 0.0953 e. The fourth-order valence-electron chi connectivity index (χ4n) is 2.54. The molecule has 1 N–H and O–H groups in total. The van der Waals surface area contributed by atoms with Gasteiger partial charge < -0.3 is 9.73 Å². The quantitative estimate of drug-likeness (QED) is 0.733. The van der Waals surface area contributed by atoms with Gasteiger partial charge in [0.25, 0.3) is 0 Å². The zero-order chi connectivity index (χ0) is 13.8. The zero-order valence-corrected chi connectivity index (χ0v) is 11.7. The van der Waals surface area contributed by atoms with E-state index >= 15 is 0 Å². The first-order valence-electron chi connectivity index (χ1n) is 7.12. The van der Waals surface area contributed by atoms with E-state index < -0.39 is 0 Å². The van der Waals surface area contributed by atoms with E-state index in [-0.39, 0.29) is 6.04 Å². The highest BCUT2D eigenvalue weighted by molar-refractivity contribution is 5.83. The molecule has 1 atom stereocenters. The van der Waals surface area contributed by atoms with Gasteiger partial charge in [0.05, 0.1) is 18.6 Å². The van der Waals surface area contributed by atoms with Crippen molar-refractivity contribution in [3.05, 3.63) is 72.2 Å². The molecule has 3 rings (SSSR count). The Kier molecular flexibility index (Phi) is 3.84. The van der Waals surface area contributed by atoms with E-state index in [1.165, 1.54) is 21.9 Å². The summed E-state index contributed by atoms with van der Waals surface area (Å²) in [6.07, 6.45) is 4.67. The van der Waals surface area contributed by atoms with Crippen molar-refractivity contribution in [2.75, 3.05) is 6.54 Å². The number of hydrogen-bond acceptors (Lipinski definition) is 2. The molecule has 0 fully saturated rings. The average Bonchev–Trinajstić information content (AvgIpc) is 3.02. The average molecular weight is 265 g/mol. The lowest BCUT2D eigenvalue weighted by Gasteiger charge is -2.18. The summed E-state index contributed by atoms with van der Waals surface area (Å²) < 4.78 is 5.24. The van der Waals surface area contributed by atoms with Crippen LogP contribution in [0.3, 0.4) is 0 Å². The number of furan rings is 1. The van der Waals surface area contributed by atoms with E-state index in [0.29, 0.717) is 0 Å². The molecule has 0 radical (unpaired) electrons. The van der Waals surface area contributed by atoms with E-state index in [1.807, 2.05) is 12.3 Å². The molecule has 1 heterocycles. The number of rotatable bonds is 5. The Morgan fingerprint density at radius 3 is 2.60 bits per heavy atom. The van der Waals surface area contributed by atoms with Crippen molar-refractivity contribution in [3.63, 3.8) is 0 Å². The van der Waals surface area contributed by atoms with Crippen LogP contribution in [0.1, 0.15) is 30.5 Å². The van der Waals surface area contributed by atoms with Gasteiger partial charge in [0.15, 0.2) is 0 Å². The van der Waals surface area contributed by atoms with Crippen LogP contribution in [0.2, 0.25) is 0 Å². The predicted molar refractivity (Wildman–Crippen MR) is 82.8 cm³/mol. The summed E-state index contributed by atoms with van der Waals surface area (Å²) in [6, 6.07) is 17.3. The second kappa shape index (κ2) is 5.93. The summed E-state index contributed by atoms with van der Waals surface area (Å²) in [5.41, 5.74) is 2.45. The van der Waals surface area contributed by atoms with Crippen molar-refractivity contribution in [2.45, 2.75) is 19.4 Å². The van der Waals surface area contributed by atoms with E-state index in [1.54, 1.807) is 6.26 Å². The Hall–Kier alpha value is -2.06. The van der Waals surface area contributed by atoms with Gasteiger partial charge >= 0.3 is 0 Å². The van der Waals surface area contributed by atoms with Crippen LogP contribution in [0.15, 0.2) is 65.5 Å². The minimum Gasteiger partial charge on any atom is -0.472 e. The van der Waals surface area contributed by atoms with E-state index in [0.717, 1.165) is 13.0 Å². The molecule has 1 unspecified atom stereocenters. The summed E-state index contributed by atoms with van der Waals surface area (Å²) >= 11 is 0. The third-order valence-corrected chi connectivity index (χ3v) is 3.58. The molecule has 2 heteroatoms. The number of benzene rings is 2. The minimum absolute atomic E-state index is 0.193. The molecular formula is C18H19NO. The summed E-state index contributed by atoms with van der Waals surface area (Å²) in [5, 5.41) is 6.14. The van der Waals surface area contributed by atoms with Crippen LogP contribution in [-0.4, -0.2) is 6.54 Å². The van der Waals surface area contributed by atoms with Gasteiger partial charge in [0.2, 0.25) is 0 Å². The fraction of sp³-hybridized carbons (Fsp3) is 0.222. The first-order valence-corrected chi connectivity index (χ1v) is 7.12. The summed E-state index contributed by atoms with van der Waals surface area (Å²) in [6.45, 7) is 3.17. The molecule has 0 aliphatic carbocycles. The second-order valence-corrected chi connectivity index (χ2v) is 5.05. The lowest BCUT2D eigenvalue weighted by Crippen LogP contribution is -2.22. The van der Waals surface area contributed by atoms with Gasteiger partial charge in [0.1, 0.15) is 0 Å². The lowest BCUT2D eigenvalue weighted by molar-refractivity contribution is 0.548. The van der Waals surface area contributed by atoms with Gasteiger partial charge in [0, 0.05) is 5.56 Å². The van der Waals surface area contributed by atoms with Gasteiger partial charge in [-0.05, 0) is 41.4 Å². The normalized spacial score (nSPS) is 12.7. The molecule has 2 aromatic carbocycles. The van der Waals surface area contributed by atoms with Crippen LogP contribution < -0.4 is 5.32 Å². The SMILES string of the molecule is CCCNC(c1ccoc1)c1ccc2ccccc2c1. The highest BCUT2D eigenvalue weighted by atomic mass is 16.3. The molecule has 0 aliphatic heterocycles. The molecule has 0 saturated carbocycles. The first-order chi connectivity index (χ1) is 9.88. The van der Waals surface area contributed by atoms with Crippen molar-refractivity contribution in [1.82, 2.24) is 5.32 Å². The Bertz CT molecular complexity index is 673. The minimum atomic E-state index is 0.193. The van der Waals surface area contributed by atoms with Gasteiger partial charge in [-0.1, -0.05) is 43.3 Å². The van der Waals surface area contributed by atoms with Crippen LogP contribution >= 0.6 is 0 Å². The maximum absolute atomic E-state index is 5.24. The molecule has 0 aliphatic rings. The van der Waals surface area contributed by atoms with Gasteiger partial charge in [-0.25, -0.2) is 0 Å². The van der Waals surface area contributed by atoms with Crippen molar-refractivity contribution in [3.8, 4) is 0 Å². The molecule has 3 aromatic rings. The summed E-state index contributed by atoms with van der Waals surface area (Å²) in [7, 11) is 0. The maximum atomic E-state index is 5.24. The van der Waals surface area contributed by atoms with Crippen molar-refractivity contribution in [1.29, 1.82) is 0 Å². The number of nitrogens with one attached hydrogen (secondary N) is 1. The summed E-state index contributed by atoms with van der Waals surface area (Å²) in [4.78, 5) is 0. The largest absolute Gasteiger partial charge is 0.472 e. The zero-order valence-electron chi connectivity index (χ0n) is 11.7. The molecule has 20 heavy (non-hydrogen) atoms. The third-order valence-electron chi connectivity index (χ3n) is 3.58. The van der Waals surface area contributed by atoms with Gasteiger partial charge in [-0.2, -0.15) is 0 Å². The predicted octanol–water partition coefficient (Wildman–Crippen LogP) is 4.52. The lowest BCUT2D eigenvalue weighted by atomic mass is 9.98.